The number of hydrogen-bond acceptors (Lipinski definition) is 1. The zero-order chi connectivity index (χ0) is 10.8. The number of ether oxygens (including phenoxy) is 1. The van der Waals surface area contributed by atoms with Gasteiger partial charge in [-0.15, -0.1) is 0 Å². The van der Waals surface area contributed by atoms with Crippen LogP contribution in [-0.4, -0.2) is 12.5 Å². The number of hydrogen-bond donors (Lipinski definition) is 0. The molecule has 4 heteroatoms. The van der Waals surface area contributed by atoms with E-state index in [-0.39, 0.29) is 0 Å². The summed E-state index contributed by atoms with van der Waals surface area (Å²) in [4.78, 5) is 0. The lowest BCUT2D eigenvalue weighted by atomic mass is 10.2. The van der Waals surface area contributed by atoms with Crippen LogP contribution >= 0.6 is 15.9 Å². The lowest BCUT2D eigenvalue weighted by Crippen LogP contribution is -2.21. The predicted molar refractivity (Wildman–Crippen MR) is 55.0 cm³/mol. The molecule has 78 valence electrons. The number of benzene rings is 1. The van der Waals surface area contributed by atoms with Crippen LogP contribution in [0.4, 0.5) is 8.78 Å². The standard InChI is InChI=1S/C10H11BrF2O/c1-7-4-3-5-8(9(7)11)14-6-10(2,12)13/h3-5H,6H2,1-2H3. The minimum atomic E-state index is -2.80. The van der Waals surface area contributed by atoms with Gasteiger partial charge in [-0.25, -0.2) is 8.78 Å². The average molecular weight is 265 g/mol. The summed E-state index contributed by atoms with van der Waals surface area (Å²) in [5.74, 6) is -2.35. The Hall–Kier alpha value is -0.640. The van der Waals surface area contributed by atoms with Gasteiger partial charge in [-0.2, -0.15) is 0 Å². The summed E-state index contributed by atoms with van der Waals surface area (Å²) < 4.78 is 30.7. The predicted octanol–water partition coefficient (Wildman–Crippen LogP) is 3.79. The molecule has 0 aliphatic rings. The number of aryl methyl sites for hydroxylation is 1. The largest absolute Gasteiger partial charge is 0.486 e. The quantitative estimate of drug-likeness (QED) is 0.807. The van der Waals surface area contributed by atoms with E-state index in [9.17, 15) is 8.78 Å². The van der Waals surface area contributed by atoms with Crippen molar-refractivity contribution >= 4 is 15.9 Å². The van der Waals surface area contributed by atoms with Crippen molar-refractivity contribution in [3.05, 3.63) is 28.2 Å². The maximum atomic E-state index is 12.5. The molecule has 1 aromatic rings. The smallest absolute Gasteiger partial charge is 0.278 e. The third kappa shape index (κ3) is 3.25. The molecule has 0 heterocycles. The topological polar surface area (TPSA) is 9.23 Å². The summed E-state index contributed by atoms with van der Waals surface area (Å²) in [7, 11) is 0. The molecule has 0 atom stereocenters. The molecular weight excluding hydrogens is 254 g/mol. The fraction of sp³-hybridized carbons (Fsp3) is 0.400. The lowest BCUT2D eigenvalue weighted by molar-refractivity contribution is -0.0231. The first-order valence-corrected chi connectivity index (χ1v) is 4.95. The molecule has 0 saturated carbocycles. The first kappa shape index (κ1) is 11.4. The third-order valence-corrected chi connectivity index (χ3v) is 2.65. The summed E-state index contributed by atoms with van der Waals surface area (Å²) in [6, 6.07) is 5.30. The second-order valence-corrected chi connectivity index (χ2v) is 4.04. The molecule has 0 saturated heterocycles. The molecule has 0 fully saturated rings. The van der Waals surface area contributed by atoms with E-state index < -0.39 is 12.5 Å². The molecule has 0 spiro atoms. The van der Waals surface area contributed by atoms with Crippen LogP contribution in [0.1, 0.15) is 12.5 Å². The van der Waals surface area contributed by atoms with Crippen molar-refractivity contribution in [2.24, 2.45) is 0 Å². The molecular formula is C10H11BrF2O. The van der Waals surface area contributed by atoms with Crippen molar-refractivity contribution in [2.45, 2.75) is 19.8 Å². The third-order valence-electron chi connectivity index (χ3n) is 1.64. The monoisotopic (exact) mass is 264 g/mol. The SMILES string of the molecule is Cc1cccc(OCC(C)(F)F)c1Br. The van der Waals surface area contributed by atoms with Crippen molar-refractivity contribution < 1.29 is 13.5 Å². The van der Waals surface area contributed by atoms with E-state index in [2.05, 4.69) is 15.9 Å². The van der Waals surface area contributed by atoms with E-state index in [0.29, 0.717) is 5.75 Å². The van der Waals surface area contributed by atoms with Crippen LogP contribution in [-0.2, 0) is 0 Å². The highest BCUT2D eigenvalue weighted by Crippen LogP contribution is 2.29. The summed E-state index contributed by atoms with van der Waals surface area (Å²) in [6.45, 7) is 2.10. The highest BCUT2D eigenvalue weighted by atomic mass is 79.9. The Morgan fingerprint density at radius 3 is 2.64 bits per heavy atom. The number of halogens is 3. The van der Waals surface area contributed by atoms with Crippen molar-refractivity contribution in [1.29, 1.82) is 0 Å². The Morgan fingerprint density at radius 1 is 1.43 bits per heavy atom. The molecule has 0 aliphatic carbocycles. The van der Waals surface area contributed by atoms with Crippen molar-refractivity contribution in [2.75, 3.05) is 6.61 Å². The summed E-state index contributed by atoms with van der Waals surface area (Å²) in [6.07, 6.45) is 0. The van der Waals surface area contributed by atoms with E-state index in [1.807, 2.05) is 13.0 Å². The van der Waals surface area contributed by atoms with E-state index in [1.54, 1.807) is 12.1 Å². The maximum Gasteiger partial charge on any atom is 0.278 e. The molecule has 0 radical (unpaired) electrons. The van der Waals surface area contributed by atoms with Gasteiger partial charge in [0.15, 0.2) is 6.61 Å². The molecule has 0 unspecified atom stereocenters. The first-order chi connectivity index (χ1) is 6.40. The Morgan fingerprint density at radius 2 is 2.07 bits per heavy atom. The van der Waals surface area contributed by atoms with Crippen molar-refractivity contribution in [3.63, 3.8) is 0 Å². The van der Waals surface area contributed by atoms with Gasteiger partial charge in [0.25, 0.3) is 5.92 Å². The maximum absolute atomic E-state index is 12.5. The van der Waals surface area contributed by atoms with Crippen LogP contribution in [0.2, 0.25) is 0 Å². The van der Waals surface area contributed by atoms with E-state index in [0.717, 1.165) is 17.0 Å². The average Bonchev–Trinajstić information content (AvgIpc) is 2.06. The van der Waals surface area contributed by atoms with Crippen LogP contribution < -0.4 is 4.74 Å². The summed E-state index contributed by atoms with van der Waals surface area (Å²) >= 11 is 3.28. The van der Waals surface area contributed by atoms with Gasteiger partial charge in [-0.05, 0) is 34.5 Å². The van der Waals surface area contributed by atoms with Crippen LogP contribution in [0.15, 0.2) is 22.7 Å². The fourth-order valence-electron chi connectivity index (χ4n) is 0.936. The second kappa shape index (κ2) is 4.26. The highest BCUT2D eigenvalue weighted by molar-refractivity contribution is 9.10. The molecule has 0 N–H and O–H groups in total. The van der Waals surface area contributed by atoms with Gasteiger partial charge in [0.1, 0.15) is 5.75 Å². The Bertz CT molecular complexity index is 320. The van der Waals surface area contributed by atoms with Gasteiger partial charge < -0.3 is 4.74 Å². The molecule has 0 amide bonds. The van der Waals surface area contributed by atoms with Crippen molar-refractivity contribution in [1.82, 2.24) is 0 Å². The minimum Gasteiger partial charge on any atom is -0.486 e. The molecule has 0 bridgehead atoms. The van der Waals surface area contributed by atoms with Crippen LogP contribution in [0.3, 0.4) is 0 Å². The molecule has 0 aliphatic heterocycles. The van der Waals surface area contributed by atoms with Crippen LogP contribution in [0.25, 0.3) is 0 Å². The van der Waals surface area contributed by atoms with Gasteiger partial charge in [-0.1, -0.05) is 12.1 Å². The normalized spacial score (nSPS) is 11.5. The van der Waals surface area contributed by atoms with E-state index in [4.69, 9.17) is 4.74 Å². The summed E-state index contributed by atoms with van der Waals surface area (Å²) in [5, 5.41) is 0. The Balaban J connectivity index is 2.73. The zero-order valence-electron chi connectivity index (χ0n) is 7.98. The lowest BCUT2D eigenvalue weighted by Gasteiger charge is -2.13. The number of rotatable bonds is 3. The molecule has 14 heavy (non-hydrogen) atoms. The zero-order valence-corrected chi connectivity index (χ0v) is 9.57. The van der Waals surface area contributed by atoms with E-state index >= 15 is 0 Å². The molecule has 1 rings (SSSR count). The Kier molecular flexibility index (Phi) is 3.48. The van der Waals surface area contributed by atoms with Gasteiger partial charge in [-0.3, -0.25) is 0 Å². The van der Waals surface area contributed by atoms with Gasteiger partial charge in [0.2, 0.25) is 0 Å². The molecule has 0 aromatic heterocycles. The van der Waals surface area contributed by atoms with Gasteiger partial charge in [0.05, 0.1) is 4.47 Å². The van der Waals surface area contributed by atoms with Crippen molar-refractivity contribution in [3.8, 4) is 5.75 Å². The first-order valence-electron chi connectivity index (χ1n) is 4.16. The van der Waals surface area contributed by atoms with Crippen LogP contribution in [0, 0.1) is 6.92 Å². The summed E-state index contributed by atoms with van der Waals surface area (Å²) in [5.41, 5.74) is 0.960. The second-order valence-electron chi connectivity index (χ2n) is 3.25. The van der Waals surface area contributed by atoms with Gasteiger partial charge >= 0.3 is 0 Å². The van der Waals surface area contributed by atoms with Crippen LogP contribution in [0.5, 0.6) is 5.75 Å². The Labute approximate surface area is 90.2 Å². The number of alkyl halides is 2. The highest BCUT2D eigenvalue weighted by Gasteiger charge is 2.22. The fourth-order valence-corrected chi connectivity index (χ4v) is 1.32. The van der Waals surface area contributed by atoms with E-state index in [1.165, 1.54) is 0 Å². The molecule has 1 nitrogen and oxygen atoms in total. The van der Waals surface area contributed by atoms with Gasteiger partial charge in [0, 0.05) is 6.92 Å². The minimum absolute atomic E-state index is 0.450. The molecule has 1 aromatic carbocycles.